The zero-order chi connectivity index (χ0) is 15.9. The molecule has 0 atom stereocenters. The average molecular weight is 313 g/mol. The van der Waals surface area contributed by atoms with Crippen molar-refractivity contribution in [1.82, 2.24) is 3.97 Å². The Bertz CT molecular complexity index is 967. The third-order valence-electron chi connectivity index (χ3n) is 3.64. The number of rotatable bonds is 3. The number of carbonyl (C=O) groups excluding carboxylic acids is 1. The van der Waals surface area contributed by atoms with Gasteiger partial charge in [-0.05, 0) is 50.2 Å². The Kier molecular flexibility index (Phi) is 3.37. The largest absolute Gasteiger partial charge is 0.295 e. The van der Waals surface area contributed by atoms with Crippen LogP contribution in [0.2, 0.25) is 0 Å². The molecule has 3 rings (SSSR count). The molecule has 0 fully saturated rings. The molecule has 4 nitrogen and oxygen atoms in total. The molecule has 112 valence electrons. The van der Waals surface area contributed by atoms with Crippen LogP contribution in [-0.4, -0.2) is 18.2 Å². The molecule has 0 saturated carbocycles. The summed E-state index contributed by atoms with van der Waals surface area (Å²) in [6, 6.07) is 13.5. The smallest absolute Gasteiger partial charge is 0.268 e. The number of fused-ring (bicyclic) bond motifs is 1. The first-order chi connectivity index (χ1) is 10.4. The fraction of sp³-hybridized carbons (Fsp3) is 0.118. The van der Waals surface area contributed by atoms with Gasteiger partial charge in [-0.25, -0.2) is 12.4 Å². The highest BCUT2D eigenvalue weighted by Crippen LogP contribution is 2.23. The summed E-state index contributed by atoms with van der Waals surface area (Å²) in [4.78, 5) is 11.7. The number of hydrogen-bond donors (Lipinski definition) is 0. The molecule has 0 N–H and O–H groups in total. The summed E-state index contributed by atoms with van der Waals surface area (Å²) in [7, 11) is -3.64. The summed E-state index contributed by atoms with van der Waals surface area (Å²) in [5.41, 5.74) is 2.13. The van der Waals surface area contributed by atoms with E-state index in [-0.39, 0.29) is 10.7 Å². The molecule has 0 spiro atoms. The Morgan fingerprint density at radius 3 is 2.32 bits per heavy atom. The van der Waals surface area contributed by atoms with Crippen molar-refractivity contribution in [2.75, 3.05) is 0 Å². The van der Waals surface area contributed by atoms with Crippen LogP contribution in [0.25, 0.3) is 10.9 Å². The maximum absolute atomic E-state index is 12.7. The number of aryl methyl sites for hydroxylation is 1. The van der Waals surface area contributed by atoms with E-state index in [4.69, 9.17) is 0 Å². The van der Waals surface area contributed by atoms with Crippen LogP contribution in [0.5, 0.6) is 0 Å². The Morgan fingerprint density at radius 2 is 1.68 bits per heavy atom. The minimum Gasteiger partial charge on any atom is -0.295 e. The summed E-state index contributed by atoms with van der Waals surface area (Å²) < 4.78 is 26.7. The van der Waals surface area contributed by atoms with Crippen LogP contribution in [0.3, 0.4) is 0 Å². The quantitative estimate of drug-likeness (QED) is 0.696. The molecule has 5 heteroatoms. The topological polar surface area (TPSA) is 56.1 Å². The molecule has 0 saturated heterocycles. The summed E-state index contributed by atoms with van der Waals surface area (Å²) in [5.74, 6) is -0.0453. The van der Waals surface area contributed by atoms with Crippen molar-refractivity contribution in [3.05, 3.63) is 65.9 Å². The third-order valence-corrected chi connectivity index (χ3v) is 5.34. The molecule has 0 unspecified atom stereocenters. The molecule has 0 amide bonds. The fourth-order valence-electron chi connectivity index (χ4n) is 2.37. The number of nitrogens with zero attached hydrogens (tertiary/aromatic N) is 1. The van der Waals surface area contributed by atoms with Gasteiger partial charge in [0.2, 0.25) is 0 Å². The molecular weight excluding hydrogens is 298 g/mol. The summed E-state index contributed by atoms with van der Waals surface area (Å²) in [6.45, 7) is 3.39. The first-order valence-electron chi connectivity index (χ1n) is 6.84. The molecule has 0 radical (unpaired) electrons. The van der Waals surface area contributed by atoms with E-state index in [1.54, 1.807) is 48.5 Å². The number of Topliss-reactive ketones (excluding diaryl/α,β-unsaturated/α-hetero) is 1. The SMILES string of the molecule is CC(=O)c1ccc2c(ccn2S(=O)(=O)c2ccc(C)cc2)c1. The van der Waals surface area contributed by atoms with Crippen molar-refractivity contribution in [2.45, 2.75) is 18.7 Å². The van der Waals surface area contributed by atoms with E-state index in [0.717, 1.165) is 10.9 Å². The Hall–Kier alpha value is -2.40. The minimum atomic E-state index is -3.64. The predicted octanol–water partition coefficient (Wildman–Crippen LogP) is 3.39. The van der Waals surface area contributed by atoms with Gasteiger partial charge in [0.25, 0.3) is 10.0 Å². The van der Waals surface area contributed by atoms with Gasteiger partial charge in [0.15, 0.2) is 5.78 Å². The Balaban J connectivity index is 2.17. The van der Waals surface area contributed by atoms with Crippen molar-refractivity contribution < 1.29 is 13.2 Å². The molecule has 3 aromatic rings. The standard InChI is InChI=1S/C17H15NO3S/c1-12-3-6-16(7-4-12)22(20,21)18-10-9-15-11-14(13(2)19)5-8-17(15)18/h3-11H,1-2H3. The number of hydrogen-bond acceptors (Lipinski definition) is 3. The monoisotopic (exact) mass is 313 g/mol. The highest BCUT2D eigenvalue weighted by atomic mass is 32.2. The summed E-state index contributed by atoms with van der Waals surface area (Å²) >= 11 is 0. The second-order valence-corrected chi connectivity index (χ2v) is 7.07. The molecule has 0 aliphatic rings. The number of aromatic nitrogens is 1. The van der Waals surface area contributed by atoms with Crippen molar-refractivity contribution in [1.29, 1.82) is 0 Å². The van der Waals surface area contributed by atoms with Gasteiger partial charge in [0.05, 0.1) is 10.4 Å². The van der Waals surface area contributed by atoms with E-state index in [1.807, 2.05) is 6.92 Å². The van der Waals surface area contributed by atoms with E-state index >= 15 is 0 Å². The van der Waals surface area contributed by atoms with Crippen LogP contribution in [-0.2, 0) is 10.0 Å². The number of ketones is 1. The van der Waals surface area contributed by atoms with Crippen LogP contribution in [0.15, 0.2) is 59.6 Å². The van der Waals surface area contributed by atoms with Gasteiger partial charge in [0.1, 0.15) is 0 Å². The molecule has 0 aliphatic carbocycles. The van der Waals surface area contributed by atoms with Crippen LogP contribution in [0.1, 0.15) is 22.8 Å². The molecular formula is C17H15NO3S. The van der Waals surface area contributed by atoms with E-state index in [2.05, 4.69) is 0 Å². The molecule has 22 heavy (non-hydrogen) atoms. The molecule has 0 aliphatic heterocycles. The van der Waals surface area contributed by atoms with E-state index in [9.17, 15) is 13.2 Å². The lowest BCUT2D eigenvalue weighted by molar-refractivity contribution is 0.101. The third kappa shape index (κ3) is 2.33. The van der Waals surface area contributed by atoms with E-state index in [1.165, 1.54) is 17.1 Å². The summed E-state index contributed by atoms with van der Waals surface area (Å²) in [5, 5.41) is 0.725. The minimum absolute atomic E-state index is 0.0453. The lowest BCUT2D eigenvalue weighted by atomic mass is 10.1. The highest BCUT2D eigenvalue weighted by Gasteiger charge is 2.18. The Labute approximate surface area is 129 Å². The Morgan fingerprint density at radius 1 is 1.00 bits per heavy atom. The molecule has 2 aromatic carbocycles. The van der Waals surface area contributed by atoms with Gasteiger partial charge in [-0.3, -0.25) is 4.79 Å². The van der Waals surface area contributed by atoms with Gasteiger partial charge in [-0.15, -0.1) is 0 Å². The average Bonchev–Trinajstić information content (AvgIpc) is 2.91. The zero-order valence-corrected chi connectivity index (χ0v) is 13.1. The van der Waals surface area contributed by atoms with Crippen molar-refractivity contribution >= 4 is 26.7 Å². The van der Waals surface area contributed by atoms with Crippen LogP contribution in [0, 0.1) is 6.92 Å². The van der Waals surface area contributed by atoms with E-state index in [0.29, 0.717) is 11.1 Å². The van der Waals surface area contributed by atoms with Gasteiger partial charge in [-0.2, -0.15) is 0 Å². The van der Waals surface area contributed by atoms with Crippen molar-refractivity contribution in [3.63, 3.8) is 0 Å². The second kappa shape index (κ2) is 5.10. The lowest BCUT2D eigenvalue weighted by Gasteiger charge is -2.08. The fourth-order valence-corrected chi connectivity index (χ4v) is 3.72. The van der Waals surface area contributed by atoms with E-state index < -0.39 is 10.0 Å². The van der Waals surface area contributed by atoms with Gasteiger partial charge < -0.3 is 0 Å². The van der Waals surface area contributed by atoms with Crippen LogP contribution in [0.4, 0.5) is 0 Å². The molecule has 1 heterocycles. The van der Waals surface area contributed by atoms with Crippen molar-refractivity contribution in [2.24, 2.45) is 0 Å². The van der Waals surface area contributed by atoms with Gasteiger partial charge in [-0.1, -0.05) is 17.7 Å². The van der Waals surface area contributed by atoms with Gasteiger partial charge in [0, 0.05) is 17.1 Å². The summed E-state index contributed by atoms with van der Waals surface area (Å²) in [6.07, 6.45) is 1.52. The second-order valence-electron chi connectivity index (χ2n) is 5.26. The first-order valence-corrected chi connectivity index (χ1v) is 8.28. The first kappa shape index (κ1) is 14.5. The van der Waals surface area contributed by atoms with Gasteiger partial charge >= 0.3 is 0 Å². The molecule has 0 bridgehead atoms. The number of carbonyl (C=O) groups is 1. The highest BCUT2D eigenvalue weighted by molar-refractivity contribution is 7.90. The normalized spacial score (nSPS) is 11.7. The van der Waals surface area contributed by atoms with Crippen LogP contribution < -0.4 is 0 Å². The maximum Gasteiger partial charge on any atom is 0.268 e. The van der Waals surface area contributed by atoms with Crippen LogP contribution >= 0.6 is 0 Å². The molecule has 1 aromatic heterocycles. The number of benzene rings is 2. The predicted molar refractivity (Wildman–Crippen MR) is 85.7 cm³/mol. The van der Waals surface area contributed by atoms with Crippen molar-refractivity contribution in [3.8, 4) is 0 Å². The lowest BCUT2D eigenvalue weighted by Crippen LogP contribution is -2.11. The zero-order valence-electron chi connectivity index (χ0n) is 12.3. The maximum atomic E-state index is 12.7.